The zero-order chi connectivity index (χ0) is 22.2. The summed E-state index contributed by atoms with van der Waals surface area (Å²) in [7, 11) is 1.63. The number of ether oxygens (including phenoxy) is 3. The number of anilines is 1. The molecule has 31 heavy (non-hydrogen) atoms. The lowest BCUT2D eigenvalue weighted by atomic mass is 10.1. The van der Waals surface area contributed by atoms with E-state index < -0.39 is 0 Å². The second-order valence-electron chi connectivity index (χ2n) is 6.98. The van der Waals surface area contributed by atoms with Gasteiger partial charge in [0.05, 0.1) is 19.3 Å². The van der Waals surface area contributed by atoms with Gasteiger partial charge >= 0.3 is 5.97 Å². The molecule has 0 saturated heterocycles. The average Bonchev–Trinajstić information content (AvgIpc) is 2.78. The minimum Gasteiger partial charge on any atom is -0.493 e. The van der Waals surface area contributed by atoms with Crippen molar-refractivity contribution in [3.8, 4) is 11.5 Å². The largest absolute Gasteiger partial charge is 0.493 e. The second kappa shape index (κ2) is 10.9. The van der Waals surface area contributed by atoms with Gasteiger partial charge in [0, 0.05) is 22.3 Å². The number of aryl methyl sites for hydroxylation is 1. The Morgan fingerprint density at radius 1 is 1.00 bits per heavy atom. The molecule has 1 N–H and O–H groups in total. The summed E-state index contributed by atoms with van der Waals surface area (Å²) in [6.45, 7) is 5.16. The van der Waals surface area contributed by atoms with Crippen molar-refractivity contribution in [1.29, 1.82) is 0 Å². The van der Waals surface area contributed by atoms with Crippen molar-refractivity contribution in [3.63, 3.8) is 0 Å². The lowest BCUT2D eigenvalue weighted by Crippen LogP contribution is -2.07. The van der Waals surface area contributed by atoms with Crippen LogP contribution in [0.15, 0.2) is 65.1 Å². The fourth-order valence-electron chi connectivity index (χ4n) is 3.03. The molecule has 0 spiro atoms. The van der Waals surface area contributed by atoms with E-state index in [4.69, 9.17) is 14.2 Å². The van der Waals surface area contributed by atoms with Gasteiger partial charge in [-0.1, -0.05) is 45.8 Å². The number of carbonyl (C=O) groups is 1. The molecule has 162 valence electrons. The molecule has 6 heteroatoms. The van der Waals surface area contributed by atoms with Crippen LogP contribution in [0.1, 0.15) is 34.0 Å². The summed E-state index contributed by atoms with van der Waals surface area (Å²) in [5, 5.41) is 3.38. The summed E-state index contributed by atoms with van der Waals surface area (Å²) in [6, 6.07) is 19.3. The third-order valence-corrected chi connectivity index (χ3v) is 5.50. The van der Waals surface area contributed by atoms with Crippen LogP contribution in [0.5, 0.6) is 11.5 Å². The summed E-state index contributed by atoms with van der Waals surface area (Å²) >= 11 is 3.63. The molecule has 3 aromatic rings. The molecule has 0 aliphatic carbocycles. The van der Waals surface area contributed by atoms with Crippen molar-refractivity contribution in [2.75, 3.05) is 19.0 Å². The summed E-state index contributed by atoms with van der Waals surface area (Å²) in [5.74, 6) is 1.04. The fourth-order valence-corrected chi connectivity index (χ4v) is 3.49. The Kier molecular flexibility index (Phi) is 7.95. The van der Waals surface area contributed by atoms with E-state index in [1.165, 1.54) is 5.56 Å². The van der Waals surface area contributed by atoms with E-state index in [1.807, 2.05) is 24.3 Å². The van der Waals surface area contributed by atoms with Crippen LogP contribution in [-0.4, -0.2) is 19.7 Å². The number of nitrogens with one attached hydrogen (secondary N) is 1. The Bertz CT molecular complexity index is 1020. The van der Waals surface area contributed by atoms with E-state index in [0.717, 1.165) is 21.3 Å². The highest BCUT2D eigenvalue weighted by atomic mass is 79.9. The maximum atomic E-state index is 11.8. The molecule has 0 atom stereocenters. The molecular weight excluding hydrogens is 458 g/mol. The van der Waals surface area contributed by atoms with Gasteiger partial charge in [0.2, 0.25) is 0 Å². The highest BCUT2D eigenvalue weighted by molar-refractivity contribution is 9.10. The summed E-state index contributed by atoms with van der Waals surface area (Å²) < 4.78 is 17.7. The molecule has 0 aliphatic rings. The number of hydrogen-bond acceptors (Lipinski definition) is 5. The first-order valence-corrected chi connectivity index (χ1v) is 10.9. The highest BCUT2D eigenvalue weighted by Crippen LogP contribution is 2.37. The van der Waals surface area contributed by atoms with Crippen LogP contribution in [0.4, 0.5) is 5.69 Å². The third-order valence-electron chi connectivity index (χ3n) is 4.76. The molecule has 0 saturated carbocycles. The van der Waals surface area contributed by atoms with Gasteiger partial charge in [0.25, 0.3) is 0 Å². The van der Waals surface area contributed by atoms with Crippen molar-refractivity contribution in [1.82, 2.24) is 0 Å². The molecule has 0 amide bonds. The molecule has 0 fully saturated rings. The fraction of sp³-hybridized carbons (Fsp3) is 0.240. The van der Waals surface area contributed by atoms with Crippen LogP contribution < -0.4 is 14.8 Å². The quantitative estimate of drug-likeness (QED) is 0.370. The van der Waals surface area contributed by atoms with E-state index in [-0.39, 0.29) is 5.97 Å². The monoisotopic (exact) mass is 483 g/mol. The Balaban J connectivity index is 1.75. The molecular formula is C25H26BrNO4. The lowest BCUT2D eigenvalue weighted by Gasteiger charge is -2.18. The lowest BCUT2D eigenvalue weighted by molar-refractivity contribution is 0.0526. The Labute approximate surface area is 191 Å². The molecule has 0 aliphatic heterocycles. The van der Waals surface area contributed by atoms with Gasteiger partial charge in [-0.05, 0) is 55.8 Å². The van der Waals surface area contributed by atoms with Crippen molar-refractivity contribution in [2.24, 2.45) is 0 Å². The number of methoxy groups -OCH3 is 1. The summed E-state index contributed by atoms with van der Waals surface area (Å²) in [6.07, 6.45) is 0. The smallest absolute Gasteiger partial charge is 0.338 e. The topological polar surface area (TPSA) is 56.8 Å². The van der Waals surface area contributed by atoms with E-state index in [2.05, 4.69) is 52.4 Å². The zero-order valence-electron chi connectivity index (χ0n) is 17.9. The van der Waals surface area contributed by atoms with Gasteiger partial charge in [-0.3, -0.25) is 0 Å². The van der Waals surface area contributed by atoms with E-state index in [0.29, 0.717) is 36.8 Å². The summed E-state index contributed by atoms with van der Waals surface area (Å²) in [5.41, 5.74) is 4.65. The highest BCUT2D eigenvalue weighted by Gasteiger charge is 2.15. The van der Waals surface area contributed by atoms with Gasteiger partial charge in [-0.25, -0.2) is 4.79 Å². The number of benzene rings is 3. The minimum atomic E-state index is -0.323. The molecule has 3 rings (SSSR count). The average molecular weight is 484 g/mol. The first-order valence-electron chi connectivity index (χ1n) is 10.1. The Morgan fingerprint density at radius 2 is 1.71 bits per heavy atom. The van der Waals surface area contributed by atoms with E-state index in [9.17, 15) is 4.79 Å². The molecule has 0 bridgehead atoms. The molecule has 0 radical (unpaired) electrons. The first kappa shape index (κ1) is 22.7. The van der Waals surface area contributed by atoms with Crippen molar-refractivity contribution >= 4 is 27.6 Å². The first-order chi connectivity index (χ1) is 15.0. The zero-order valence-corrected chi connectivity index (χ0v) is 19.5. The normalized spacial score (nSPS) is 10.5. The van der Waals surface area contributed by atoms with Crippen LogP contribution in [0, 0.1) is 6.92 Å². The standard InChI is InChI=1S/C25H26BrNO4/c1-4-30-25(28)19-9-11-20(12-10-19)27-15-21-22(26)13-14-23(29-3)24(21)31-16-18-7-5-17(2)6-8-18/h5-14,27H,4,15-16H2,1-3H3. The van der Waals surface area contributed by atoms with Crippen LogP contribution in [0.3, 0.4) is 0 Å². The third kappa shape index (κ3) is 6.01. The van der Waals surface area contributed by atoms with Crippen molar-refractivity contribution in [3.05, 3.63) is 87.4 Å². The summed E-state index contributed by atoms with van der Waals surface area (Å²) in [4.78, 5) is 11.8. The number of halogens is 1. The van der Waals surface area contributed by atoms with Gasteiger partial charge in [0.1, 0.15) is 6.61 Å². The SMILES string of the molecule is CCOC(=O)c1ccc(NCc2c(Br)ccc(OC)c2OCc2ccc(C)cc2)cc1. The number of rotatable bonds is 9. The minimum absolute atomic E-state index is 0.323. The van der Waals surface area contributed by atoms with Gasteiger partial charge < -0.3 is 19.5 Å². The van der Waals surface area contributed by atoms with E-state index >= 15 is 0 Å². The van der Waals surface area contributed by atoms with Crippen LogP contribution in [0.2, 0.25) is 0 Å². The molecule has 0 aromatic heterocycles. The maximum Gasteiger partial charge on any atom is 0.338 e. The molecule has 0 unspecified atom stereocenters. The second-order valence-corrected chi connectivity index (χ2v) is 7.84. The van der Waals surface area contributed by atoms with Crippen LogP contribution in [-0.2, 0) is 17.9 Å². The number of carbonyl (C=O) groups excluding carboxylic acids is 1. The van der Waals surface area contributed by atoms with Crippen LogP contribution in [0.25, 0.3) is 0 Å². The van der Waals surface area contributed by atoms with Gasteiger partial charge in [0.15, 0.2) is 11.5 Å². The number of hydrogen-bond donors (Lipinski definition) is 1. The Morgan fingerprint density at radius 3 is 2.35 bits per heavy atom. The van der Waals surface area contributed by atoms with Gasteiger partial charge in [-0.15, -0.1) is 0 Å². The Hall–Kier alpha value is -2.99. The predicted molar refractivity (Wildman–Crippen MR) is 126 cm³/mol. The number of esters is 1. The van der Waals surface area contributed by atoms with Gasteiger partial charge in [-0.2, -0.15) is 0 Å². The predicted octanol–water partition coefficient (Wildman–Crippen LogP) is 6.13. The maximum absolute atomic E-state index is 11.8. The molecule has 0 heterocycles. The molecule has 5 nitrogen and oxygen atoms in total. The van der Waals surface area contributed by atoms with E-state index in [1.54, 1.807) is 26.2 Å². The van der Waals surface area contributed by atoms with Crippen molar-refractivity contribution < 1.29 is 19.0 Å². The van der Waals surface area contributed by atoms with Crippen molar-refractivity contribution in [2.45, 2.75) is 27.0 Å². The van der Waals surface area contributed by atoms with Crippen LogP contribution >= 0.6 is 15.9 Å². The molecule has 3 aromatic carbocycles.